The Morgan fingerprint density at radius 1 is 1.37 bits per heavy atom. The van der Waals surface area contributed by atoms with Crippen LogP contribution in [-0.2, 0) is 4.79 Å². The van der Waals surface area contributed by atoms with Gasteiger partial charge in [0.05, 0.1) is 6.42 Å². The van der Waals surface area contributed by atoms with Crippen molar-refractivity contribution in [3.05, 3.63) is 0 Å². The van der Waals surface area contributed by atoms with E-state index in [1.807, 2.05) is 0 Å². The van der Waals surface area contributed by atoms with Crippen LogP contribution in [0, 0.1) is 5.92 Å². The quantitative estimate of drug-likeness (QED) is 0.719. The zero-order chi connectivity index (χ0) is 14.3. The Kier molecular flexibility index (Phi) is 6.62. The molecule has 1 rings (SSSR count). The molecule has 0 spiro atoms. The first-order valence-electron chi connectivity index (χ1n) is 6.92. The number of aliphatic carboxylic acids is 1. The molecule has 6 heteroatoms. The number of nitrogens with zero attached hydrogens (tertiary/aromatic N) is 2. The lowest BCUT2D eigenvalue weighted by atomic mass is 10.1. The van der Waals surface area contributed by atoms with Crippen LogP contribution in [0.3, 0.4) is 0 Å². The number of likely N-dealkylation sites (tertiary alicyclic amines) is 1. The Bertz CT molecular complexity index is 304. The third-order valence-corrected chi connectivity index (χ3v) is 3.38. The molecule has 0 aromatic heterocycles. The summed E-state index contributed by atoms with van der Waals surface area (Å²) in [4.78, 5) is 26.0. The van der Waals surface area contributed by atoms with Crippen molar-refractivity contribution in [3.63, 3.8) is 0 Å². The van der Waals surface area contributed by atoms with Gasteiger partial charge < -0.3 is 20.2 Å². The maximum absolute atomic E-state index is 11.7. The van der Waals surface area contributed by atoms with Gasteiger partial charge in [-0.25, -0.2) is 4.79 Å². The predicted molar refractivity (Wildman–Crippen MR) is 73.1 cm³/mol. The summed E-state index contributed by atoms with van der Waals surface area (Å²) in [6, 6.07) is -0.200. The highest BCUT2D eigenvalue weighted by Crippen LogP contribution is 2.09. The molecule has 1 heterocycles. The van der Waals surface area contributed by atoms with Crippen LogP contribution >= 0.6 is 0 Å². The second-order valence-corrected chi connectivity index (χ2v) is 5.36. The fourth-order valence-electron chi connectivity index (χ4n) is 2.23. The number of rotatable bonds is 7. The van der Waals surface area contributed by atoms with Crippen molar-refractivity contribution in [1.82, 2.24) is 15.1 Å². The SMILES string of the molecule is CC(CNC(=O)N(C)CCC(=O)O)CN1CCCC1. The molecule has 0 aliphatic carbocycles. The zero-order valence-corrected chi connectivity index (χ0v) is 11.9. The van der Waals surface area contributed by atoms with Crippen LogP contribution in [0.25, 0.3) is 0 Å². The number of urea groups is 1. The molecule has 0 aromatic carbocycles. The molecule has 1 saturated heterocycles. The van der Waals surface area contributed by atoms with Gasteiger partial charge >= 0.3 is 12.0 Å². The Labute approximate surface area is 114 Å². The molecule has 2 N–H and O–H groups in total. The Morgan fingerprint density at radius 2 is 2.00 bits per heavy atom. The Morgan fingerprint density at radius 3 is 2.58 bits per heavy atom. The Balaban J connectivity index is 2.15. The lowest BCUT2D eigenvalue weighted by molar-refractivity contribution is -0.137. The molecule has 0 saturated carbocycles. The Hall–Kier alpha value is -1.30. The highest BCUT2D eigenvalue weighted by atomic mass is 16.4. The standard InChI is InChI=1S/C13H25N3O3/c1-11(10-16-6-3-4-7-16)9-14-13(19)15(2)8-5-12(17)18/h11H,3-10H2,1-2H3,(H,14,19)(H,17,18). The van der Waals surface area contributed by atoms with E-state index in [-0.39, 0.29) is 19.0 Å². The van der Waals surface area contributed by atoms with E-state index < -0.39 is 5.97 Å². The van der Waals surface area contributed by atoms with E-state index >= 15 is 0 Å². The van der Waals surface area contributed by atoms with Gasteiger partial charge in [0.25, 0.3) is 0 Å². The van der Waals surface area contributed by atoms with E-state index in [4.69, 9.17) is 5.11 Å². The molecule has 1 aliphatic rings. The second-order valence-electron chi connectivity index (χ2n) is 5.36. The van der Waals surface area contributed by atoms with Crippen molar-refractivity contribution in [2.24, 2.45) is 5.92 Å². The van der Waals surface area contributed by atoms with Crippen molar-refractivity contribution in [1.29, 1.82) is 0 Å². The van der Waals surface area contributed by atoms with Gasteiger partial charge in [0.1, 0.15) is 0 Å². The van der Waals surface area contributed by atoms with Crippen molar-refractivity contribution in [3.8, 4) is 0 Å². The second kappa shape index (κ2) is 7.99. The molecule has 0 aromatic rings. The summed E-state index contributed by atoms with van der Waals surface area (Å²) in [6.07, 6.45) is 2.53. The summed E-state index contributed by atoms with van der Waals surface area (Å²) >= 11 is 0. The van der Waals surface area contributed by atoms with Crippen molar-refractivity contribution < 1.29 is 14.7 Å². The smallest absolute Gasteiger partial charge is 0.317 e. The van der Waals surface area contributed by atoms with Crippen LogP contribution < -0.4 is 5.32 Å². The first kappa shape index (κ1) is 15.8. The van der Waals surface area contributed by atoms with Crippen molar-refractivity contribution in [2.75, 3.05) is 39.8 Å². The highest BCUT2D eigenvalue weighted by Gasteiger charge is 2.16. The fourth-order valence-corrected chi connectivity index (χ4v) is 2.23. The summed E-state index contributed by atoms with van der Waals surface area (Å²) in [5.74, 6) is -0.475. The van der Waals surface area contributed by atoms with Crippen LogP contribution in [0.2, 0.25) is 0 Å². The molecule has 1 unspecified atom stereocenters. The molecular weight excluding hydrogens is 246 g/mol. The molecule has 110 valence electrons. The van der Waals surface area contributed by atoms with E-state index in [0.29, 0.717) is 12.5 Å². The summed E-state index contributed by atoms with van der Waals surface area (Å²) in [6.45, 7) is 6.33. The van der Waals surface area contributed by atoms with Gasteiger partial charge in [0.2, 0.25) is 0 Å². The van der Waals surface area contributed by atoms with Crippen LogP contribution in [0.1, 0.15) is 26.2 Å². The number of carboxylic acid groups (broad SMARTS) is 1. The minimum Gasteiger partial charge on any atom is -0.481 e. The number of carbonyl (C=O) groups excluding carboxylic acids is 1. The maximum Gasteiger partial charge on any atom is 0.317 e. The lowest BCUT2D eigenvalue weighted by Gasteiger charge is -2.22. The summed E-state index contributed by atoms with van der Waals surface area (Å²) < 4.78 is 0. The number of hydrogen-bond donors (Lipinski definition) is 2. The van der Waals surface area contributed by atoms with Gasteiger partial charge in [0.15, 0.2) is 0 Å². The van der Waals surface area contributed by atoms with Gasteiger partial charge in [-0.2, -0.15) is 0 Å². The van der Waals surface area contributed by atoms with E-state index in [0.717, 1.165) is 19.6 Å². The normalized spacial score (nSPS) is 17.2. The minimum absolute atomic E-state index is 0.0206. The number of carboxylic acids is 1. The van der Waals surface area contributed by atoms with Gasteiger partial charge in [-0.15, -0.1) is 0 Å². The largest absolute Gasteiger partial charge is 0.481 e. The first-order valence-corrected chi connectivity index (χ1v) is 6.92. The third kappa shape index (κ3) is 6.42. The topological polar surface area (TPSA) is 72.9 Å². The molecular formula is C13H25N3O3. The van der Waals surface area contributed by atoms with Gasteiger partial charge in [-0.05, 0) is 31.8 Å². The average molecular weight is 271 g/mol. The molecule has 1 atom stereocenters. The molecule has 6 nitrogen and oxygen atoms in total. The number of hydrogen-bond acceptors (Lipinski definition) is 3. The highest BCUT2D eigenvalue weighted by molar-refractivity contribution is 5.74. The van der Waals surface area contributed by atoms with Crippen LogP contribution in [-0.4, -0.2) is 66.7 Å². The zero-order valence-electron chi connectivity index (χ0n) is 11.9. The minimum atomic E-state index is -0.887. The predicted octanol–water partition coefficient (Wildman–Crippen LogP) is 0.834. The molecule has 1 aliphatic heterocycles. The number of carbonyl (C=O) groups is 2. The van der Waals surface area contributed by atoms with Crippen molar-refractivity contribution in [2.45, 2.75) is 26.2 Å². The van der Waals surface area contributed by atoms with E-state index in [9.17, 15) is 9.59 Å². The number of amides is 2. The van der Waals surface area contributed by atoms with Gasteiger partial charge in [-0.3, -0.25) is 4.79 Å². The summed E-state index contributed by atoms with van der Waals surface area (Å²) in [5.41, 5.74) is 0. The molecule has 19 heavy (non-hydrogen) atoms. The molecule has 0 radical (unpaired) electrons. The molecule has 0 bridgehead atoms. The average Bonchev–Trinajstić information content (AvgIpc) is 2.85. The molecule has 2 amide bonds. The van der Waals surface area contributed by atoms with Crippen molar-refractivity contribution >= 4 is 12.0 Å². The summed E-state index contributed by atoms with van der Waals surface area (Å²) in [7, 11) is 1.61. The lowest BCUT2D eigenvalue weighted by Crippen LogP contribution is -2.41. The van der Waals surface area contributed by atoms with Crippen LogP contribution in [0.4, 0.5) is 4.79 Å². The molecule has 1 fully saturated rings. The van der Waals surface area contributed by atoms with E-state index in [1.165, 1.54) is 17.7 Å². The monoisotopic (exact) mass is 271 g/mol. The number of nitrogens with one attached hydrogen (secondary N) is 1. The van der Waals surface area contributed by atoms with Crippen LogP contribution in [0.15, 0.2) is 0 Å². The summed E-state index contributed by atoms with van der Waals surface area (Å²) in [5, 5.41) is 11.4. The first-order chi connectivity index (χ1) is 8.99. The van der Waals surface area contributed by atoms with Gasteiger partial charge in [-0.1, -0.05) is 6.92 Å². The van der Waals surface area contributed by atoms with E-state index in [1.54, 1.807) is 7.05 Å². The third-order valence-electron chi connectivity index (χ3n) is 3.38. The van der Waals surface area contributed by atoms with E-state index in [2.05, 4.69) is 17.1 Å². The maximum atomic E-state index is 11.7. The fraction of sp³-hybridized carbons (Fsp3) is 0.846. The van der Waals surface area contributed by atoms with Gasteiger partial charge in [0, 0.05) is 26.7 Å². The van der Waals surface area contributed by atoms with Crippen LogP contribution in [0.5, 0.6) is 0 Å².